The van der Waals surface area contributed by atoms with Gasteiger partial charge >= 0.3 is 0 Å². The summed E-state index contributed by atoms with van der Waals surface area (Å²) in [7, 11) is 0. The maximum Gasteiger partial charge on any atom is 0.0623 e. The fraction of sp³-hybridized carbons (Fsp3) is 0.364. The minimum Gasteiger partial charge on any atom is -0.257 e. The summed E-state index contributed by atoms with van der Waals surface area (Å²) in [4.78, 5) is 4.25. The van der Waals surface area contributed by atoms with Gasteiger partial charge in [0.2, 0.25) is 0 Å². The van der Waals surface area contributed by atoms with Crippen molar-refractivity contribution in [1.29, 1.82) is 0 Å². The molecule has 1 nitrogen and oxygen atoms in total. The van der Waals surface area contributed by atoms with Crippen LogP contribution in [0.15, 0.2) is 24.9 Å². The van der Waals surface area contributed by atoms with Crippen molar-refractivity contribution in [1.82, 2.24) is 4.98 Å². The van der Waals surface area contributed by atoms with Crippen molar-refractivity contribution < 1.29 is 0 Å². The molecular formula is C11H15N. The first-order chi connectivity index (χ1) is 5.77. The highest BCUT2D eigenvalue weighted by atomic mass is 14.7. The SMILES string of the molecule is C=Cc1ccc(C(C)CC)cn1. The molecule has 0 aliphatic rings. The molecule has 0 N–H and O–H groups in total. The lowest BCUT2D eigenvalue weighted by atomic mass is 10.0. The second kappa shape index (κ2) is 4.05. The predicted molar refractivity (Wildman–Crippen MR) is 53.0 cm³/mol. The van der Waals surface area contributed by atoms with Crippen LogP contribution in [0.1, 0.15) is 37.4 Å². The van der Waals surface area contributed by atoms with Gasteiger partial charge in [0.25, 0.3) is 0 Å². The van der Waals surface area contributed by atoms with Crippen LogP contribution in [0.5, 0.6) is 0 Å². The van der Waals surface area contributed by atoms with Gasteiger partial charge in [-0.3, -0.25) is 4.98 Å². The number of aromatic nitrogens is 1. The summed E-state index contributed by atoms with van der Waals surface area (Å²) in [5, 5.41) is 0. The summed E-state index contributed by atoms with van der Waals surface area (Å²) in [5.74, 6) is 0.608. The van der Waals surface area contributed by atoms with E-state index in [0.717, 1.165) is 12.1 Å². The average Bonchev–Trinajstić information content (AvgIpc) is 2.17. The molecule has 64 valence electrons. The molecule has 0 bridgehead atoms. The minimum atomic E-state index is 0.608. The second-order valence-electron chi connectivity index (χ2n) is 3.03. The highest BCUT2D eigenvalue weighted by Crippen LogP contribution is 2.17. The van der Waals surface area contributed by atoms with Crippen LogP contribution in [0.2, 0.25) is 0 Å². The Bertz CT molecular complexity index is 248. The van der Waals surface area contributed by atoms with Crippen LogP contribution in [0, 0.1) is 0 Å². The lowest BCUT2D eigenvalue weighted by molar-refractivity contribution is 0.729. The third kappa shape index (κ3) is 1.94. The number of hydrogen-bond acceptors (Lipinski definition) is 1. The second-order valence-corrected chi connectivity index (χ2v) is 3.03. The molecule has 0 saturated heterocycles. The Kier molecular flexibility index (Phi) is 3.03. The Balaban J connectivity index is 2.84. The van der Waals surface area contributed by atoms with Gasteiger partial charge in [-0.25, -0.2) is 0 Å². The van der Waals surface area contributed by atoms with Crippen LogP contribution in [0.25, 0.3) is 6.08 Å². The van der Waals surface area contributed by atoms with E-state index in [1.807, 2.05) is 12.3 Å². The van der Waals surface area contributed by atoms with Crippen LogP contribution in [-0.4, -0.2) is 4.98 Å². The van der Waals surface area contributed by atoms with E-state index in [4.69, 9.17) is 0 Å². The fourth-order valence-corrected chi connectivity index (χ4v) is 1.06. The zero-order chi connectivity index (χ0) is 8.97. The molecule has 0 spiro atoms. The van der Waals surface area contributed by atoms with Crippen molar-refractivity contribution >= 4 is 6.08 Å². The summed E-state index contributed by atoms with van der Waals surface area (Å²) in [6.07, 6.45) is 4.86. The fourth-order valence-electron chi connectivity index (χ4n) is 1.06. The summed E-state index contributed by atoms with van der Waals surface area (Å²) in [5.41, 5.74) is 2.25. The van der Waals surface area contributed by atoms with Crippen molar-refractivity contribution in [3.05, 3.63) is 36.2 Å². The third-order valence-corrected chi connectivity index (χ3v) is 2.20. The van der Waals surface area contributed by atoms with E-state index in [1.165, 1.54) is 5.56 Å². The Morgan fingerprint density at radius 3 is 2.75 bits per heavy atom. The number of hydrogen-bond donors (Lipinski definition) is 0. The molecule has 0 aromatic carbocycles. The van der Waals surface area contributed by atoms with Crippen molar-refractivity contribution in [2.24, 2.45) is 0 Å². The standard InChI is InChI=1S/C11H15N/c1-4-9(3)10-6-7-11(5-2)12-8-10/h5-9H,2,4H2,1,3H3. The summed E-state index contributed by atoms with van der Waals surface area (Å²) >= 11 is 0. The lowest BCUT2D eigenvalue weighted by Gasteiger charge is -2.07. The van der Waals surface area contributed by atoms with Gasteiger partial charge in [-0.05, 0) is 30.0 Å². The molecule has 0 amide bonds. The normalized spacial score (nSPS) is 12.5. The first-order valence-electron chi connectivity index (χ1n) is 4.36. The molecule has 0 fully saturated rings. The maximum atomic E-state index is 4.25. The maximum absolute atomic E-state index is 4.25. The molecule has 0 saturated carbocycles. The molecule has 0 aliphatic heterocycles. The zero-order valence-corrected chi connectivity index (χ0v) is 7.75. The van der Waals surface area contributed by atoms with E-state index in [0.29, 0.717) is 5.92 Å². The van der Waals surface area contributed by atoms with Crippen LogP contribution in [0.4, 0.5) is 0 Å². The molecule has 1 heteroatoms. The largest absolute Gasteiger partial charge is 0.257 e. The molecule has 1 aromatic rings. The summed E-state index contributed by atoms with van der Waals surface area (Å²) < 4.78 is 0. The topological polar surface area (TPSA) is 12.9 Å². The Hall–Kier alpha value is -1.11. The zero-order valence-electron chi connectivity index (χ0n) is 7.75. The predicted octanol–water partition coefficient (Wildman–Crippen LogP) is 3.24. The molecule has 1 heterocycles. The van der Waals surface area contributed by atoms with Crippen molar-refractivity contribution in [2.45, 2.75) is 26.2 Å². The Labute approximate surface area is 74.2 Å². The van der Waals surface area contributed by atoms with Gasteiger partial charge in [-0.15, -0.1) is 0 Å². The first kappa shape index (κ1) is 8.98. The highest BCUT2D eigenvalue weighted by Gasteiger charge is 2.01. The lowest BCUT2D eigenvalue weighted by Crippen LogP contribution is -1.92. The Morgan fingerprint density at radius 2 is 2.33 bits per heavy atom. The molecular weight excluding hydrogens is 146 g/mol. The number of rotatable bonds is 3. The molecule has 0 aliphatic carbocycles. The van der Waals surface area contributed by atoms with Gasteiger partial charge in [0.15, 0.2) is 0 Å². The van der Waals surface area contributed by atoms with E-state index in [-0.39, 0.29) is 0 Å². The molecule has 1 aromatic heterocycles. The van der Waals surface area contributed by atoms with Gasteiger partial charge in [0, 0.05) is 6.20 Å². The minimum absolute atomic E-state index is 0.608. The van der Waals surface area contributed by atoms with Crippen molar-refractivity contribution in [3.63, 3.8) is 0 Å². The van der Waals surface area contributed by atoms with Crippen LogP contribution < -0.4 is 0 Å². The summed E-state index contributed by atoms with van der Waals surface area (Å²) in [6, 6.07) is 4.13. The molecule has 1 rings (SSSR count). The molecule has 1 atom stereocenters. The van der Waals surface area contributed by atoms with E-state index >= 15 is 0 Å². The van der Waals surface area contributed by atoms with E-state index in [2.05, 4.69) is 31.5 Å². The quantitative estimate of drug-likeness (QED) is 0.663. The van der Waals surface area contributed by atoms with E-state index in [9.17, 15) is 0 Å². The first-order valence-corrected chi connectivity index (χ1v) is 4.36. The average molecular weight is 161 g/mol. The van der Waals surface area contributed by atoms with Crippen LogP contribution in [0.3, 0.4) is 0 Å². The third-order valence-electron chi connectivity index (χ3n) is 2.20. The van der Waals surface area contributed by atoms with E-state index < -0.39 is 0 Å². The van der Waals surface area contributed by atoms with Gasteiger partial charge in [0.05, 0.1) is 5.69 Å². The van der Waals surface area contributed by atoms with Gasteiger partial charge in [0.1, 0.15) is 0 Å². The molecule has 0 radical (unpaired) electrons. The summed E-state index contributed by atoms with van der Waals surface area (Å²) in [6.45, 7) is 8.06. The highest BCUT2D eigenvalue weighted by molar-refractivity contribution is 5.41. The number of nitrogens with zero attached hydrogens (tertiary/aromatic N) is 1. The van der Waals surface area contributed by atoms with Crippen molar-refractivity contribution in [2.75, 3.05) is 0 Å². The van der Waals surface area contributed by atoms with Gasteiger partial charge < -0.3 is 0 Å². The van der Waals surface area contributed by atoms with Crippen LogP contribution >= 0.6 is 0 Å². The van der Waals surface area contributed by atoms with Crippen molar-refractivity contribution in [3.8, 4) is 0 Å². The Morgan fingerprint density at radius 1 is 1.58 bits per heavy atom. The smallest absolute Gasteiger partial charge is 0.0623 e. The number of pyridine rings is 1. The van der Waals surface area contributed by atoms with E-state index in [1.54, 1.807) is 6.08 Å². The monoisotopic (exact) mass is 161 g/mol. The molecule has 1 unspecified atom stereocenters. The van der Waals surface area contributed by atoms with Gasteiger partial charge in [-0.2, -0.15) is 0 Å². The van der Waals surface area contributed by atoms with Crippen LogP contribution in [-0.2, 0) is 0 Å². The molecule has 12 heavy (non-hydrogen) atoms. The van der Waals surface area contributed by atoms with Gasteiger partial charge in [-0.1, -0.05) is 26.5 Å².